The summed E-state index contributed by atoms with van der Waals surface area (Å²) < 4.78 is 0. The van der Waals surface area contributed by atoms with Crippen LogP contribution in [-0.4, -0.2) is 15.1 Å². The molecule has 0 aliphatic heterocycles. The van der Waals surface area contributed by atoms with Crippen molar-refractivity contribution >= 4 is 0 Å². The van der Waals surface area contributed by atoms with E-state index >= 15 is 0 Å². The first-order valence-corrected chi connectivity index (χ1v) is 3.59. The number of hydrogen-bond acceptors (Lipinski definition) is 3. The number of aromatic nitrogens is 2. The van der Waals surface area contributed by atoms with E-state index in [0.29, 0.717) is 5.69 Å². The molecule has 1 N–H and O–H groups in total. The molecule has 60 valence electrons. The summed E-state index contributed by atoms with van der Waals surface area (Å²) in [5.74, 6) is 0. The van der Waals surface area contributed by atoms with Crippen molar-refractivity contribution in [2.45, 2.75) is 26.9 Å². The molecule has 0 amide bonds. The van der Waals surface area contributed by atoms with Crippen molar-refractivity contribution in [3.8, 4) is 0 Å². The molecule has 11 heavy (non-hydrogen) atoms. The summed E-state index contributed by atoms with van der Waals surface area (Å²) in [5, 5.41) is 9.23. The van der Waals surface area contributed by atoms with Gasteiger partial charge in [0.2, 0.25) is 0 Å². The third-order valence-corrected chi connectivity index (χ3v) is 1.51. The quantitative estimate of drug-likeness (QED) is 0.656. The Balaban J connectivity index is 3.13. The van der Waals surface area contributed by atoms with Crippen LogP contribution in [0.5, 0.6) is 0 Å². The van der Waals surface area contributed by atoms with E-state index in [1.54, 1.807) is 13.1 Å². The van der Waals surface area contributed by atoms with E-state index in [-0.39, 0.29) is 0 Å². The van der Waals surface area contributed by atoms with Crippen LogP contribution in [0.25, 0.3) is 0 Å². The number of hydrogen-bond donors (Lipinski definition) is 1. The van der Waals surface area contributed by atoms with Crippen molar-refractivity contribution in [2.75, 3.05) is 0 Å². The van der Waals surface area contributed by atoms with Gasteiger partial charge in [0.1, 0.15) is 0 Å². The molecule has 0 bridgehead atoms. The van der Waals surface area contributed by atoms with Crippen molar-refractivity contribution in [2.24, 2.45) is 0 Å². The summed E-state index contributed by atoms with van der Waals surface area (Å²) in [6.07, 6.45) is 1.17. The Hall–Kier alpha value is -0.960. The second kappa shape index (κ2) is 2.96. The van der Waals surface area contributed by atoms with Gasteiger partial charge in [-0.3, -0.25) is 9.97 Å². The van der Waals surface area contributed by atoms with Gasteiger partial charge < -0.3 is 5.11 Å². The summed E-state index contributed by atoms with van der Waals surface area (Å²) in [6, 6.07) is 0. The van der Waals surface area contributed by atoms with E-state index in [9.17, 15) is 5.11 Å². The van der Waals surface area contributed by atoms with Gasteiger partial charge in [0.25, 0.3) is 0 Å². The van der Waals surface area contributed by atoms with Crippen LogP contribution in [0, 0.1) is 13.8 Å². The lowest BCUT2D eigenvalue weighted by atomic mass is 10.2. The van der Waals surface area contributed by atoms with Crippen LogP contribution in [0.4, 0.5) is 0 Å². The van der Waals surface area contributed by atoms with Gasteiger partial charge in [-0.15, -0.1) is 0 Å². The first kappa shape index (κ1) is 8.14. The zero-order chi connectivity index (χ0) is 8.43. The molecule has 0 fully saturated rings. The molecule has 0 radical (unpaired) electrons. The molecule has 0 saturated heterocycles. The lowest BCUT2D eigenvalue weighted by Gasteiger charge is -2.06. The van der Waals surface area contributed by atoms with Crippen LogP contribution >= 0.6 is 0 Å². The highest BCUT2D eigenvalue weighted by atomic mass is 16.3. The van der Waals surface area contributed by atoms with Gasteiger partial charge in [0.05, 0.1) is 23.2 Å². The Morgan fingerprint density at radius 1 is 1.45 bits per heavy atom. The number of nitrogens with zero attached hydrogens (tertiary/aromatic N) is 2. The molecular weight excluding hydrogens is 140 g/mol. The molecule has 0 aliphatic rings. The molecule has 1 aromatic heterocycles. The van der Waals surface area contributed by atoms with Gasteiger partial charge in [-0.05, 0) is 20.8 Å². The van der Waals surface area contributed by atoms with Gasteiger partial charge in [0.15, 0.2) is 0 Å². The van der Waals surface area contributed by atoms with Crippen molar-refractivity contribution in [1.29, 1.82) is 0 Å². The minimum absolute atomic E-state index is 0.526. The van der Waals surface area contributed by atoms with Gasteiger partial charge in [-0.2, -0.15) is 0 Å². The molecule has 3 nitrogen and oxygen atoms in total. The van der Waals surface area contributed by atoms with E-state index in [1.807, 2.05) is 13.8 Å². The van der Waals surface area contributed by atoms with Gasteiger partial charge in [-0.1, -0.05) is 0 Å². The minimum atomic E-state index is -0.526. The van der Waals surface area contributed by atoms with Crippen LogP contribution < -0.4 is 0 Å². The van der Waals surface area contributed by atoms with E-state index in [2.05, 4.69) is 9.97 Å². The second-order valence-electron chi connectivity index (χ2n) is 2.66. The maximum absolute atomic E-state index is 9.23. The van der Waals surface area contributed by atoms with E-state index in [0.717, 1.165) is 11.4 Å². The van der Waals surface area contributed by atoms with Crippen LogP contribution in [0.3, 0.4) is 0 Å². The third kappa shape index (κ3) is 1.74. The molecule has 1 heterocycles. The highest BCUT2D eigenvalue weighted by molar-refractivity contribution is 5.13. The largest absolute Gasteiger partial charge is 0.387 e. The number of aryl methyl sites for hydroxylation is 2. The van der Waals surface area contributed by atoms with Gasteiger partial charge >= 0.3 is 0 Å². The van der Waals surface area contributed by atoms with Crippen LogP contribution in [0.2, 0.25) is 0 Å². The molecular formula is C8H12N2O. The fourth-order valence-corrected chi connectivity index (χ4v) is 0.952. The topological polar surface area (TPSA) is 46.0 Å². The van der Waals surface area contributed by atoms with Gasteiger partial charge in [0, 0.05) is 6.20 Å². The Bertz CT molecular complexity index is 258. The van der Waals surface area contributed by atoms with Crippen molar-refractivity contribution < 1.29 is 5.11 Å². The maximum Gasteiger partial charge on any atom is 0.0950 e. The van der Waals surface area contributed by atoms with E-state index < -0.39 is 6.10 Å². The standard InChI is InChI=1S/C8H12N2O/c1-5-4-9-6(2)8(10-5)7(3)11/h4,7,11H,1-3H3. The number of rotatable bonds is 1. The Morgan fingerprint density at radius 2 is 2.09 bits per heavy atom. The Morgan fingerprint density at radius 3 is 2.55 bits per heavy atom. The summed E-state index contributed by atoms with van der Waals surface area (Å²) in [4.78, 5) is 8.24. The second-order valence-corrected chi connectivity index (χ2v) is 2.66. The predicted octanol–water partition coefficient (Wildman–Crippen LogP) is 1.15. The zero-order valence-corrected chi connectivity index (χ0v) is 7.00. The zero-order valence-electron chi connectivity index (χ0n) is 7.00. The first-order valence-electron chi connectivity index (χ1n) is 3.59. The predicted molar refractivity (Wildman–Crippen MR) is 42.1 cm³/mol. The number of aliphatic hydroxyl groups is 1. The average molecular weight is 152 g/mol. The summed E-state index contributed by atoms with van der Waals surface area (Å²) in [7, 11) is 0. The molecule has 1 atom stereocenters. The third-order valence-electron chi connectivity index (χ3n) is 1.51. The lowest BCUT2D eigenvalue weighted by Crippen LogP contribution is -2.02. The van der Waals surface area contributed by atoms with Crippen LogP contribution in [0.15, 0.2) is 6.20 Å². The van der Waals surface area contributed by atoms with Crippen molar-refractivity contribution in [1.82, 2.24) is 9.97 Å². The highest BCUT2D eigenvalue weighted by Gasteiger charge is 2.06. The summed E-state index contributed by atoms with van der Waals surface area (Å²) in [5.41, 5.74) is 2.31. The number of aliphatic hydroxyl groups excluding tert-OH is 1. The Labute approximate surface area is 66.1 Å². The maximum atomic E-state index is 9.23. The SMILES string of the molecule is Cc1cnc(C)c(C(C)O)n1. The molecule has 3 heteroatoms. The van der Waals surface area contributed by atoms with Crippen molar-refractivity contribution in [3.05, 3.63) is 23.3 Å². The monoisotopic (exact) mass is 152 g/mol. The van der Waals surface area contributed by atoms with Gasteiger partial charge in [-0.25, -0.2) is 0 Å². The summed E-state index contributed by atoms with van der Waals surface area (Å²) >= 11 is 0. The van der Waals surface area contributed by atoms with E-state index in [4.69, 9.17) is 0 Å². The van der Waals surface area contributed by atoms with E-state index in [1.165, 1.54) is 0 Å². The normalized spacial score (nSPS) is 13.1. The van der Waals surface area contributed by atoms with Crippen LogP contribution in [-0.2, 0) is 0 Å². The van der Waals surface area contributed by atoms with Crippen LogP contribution in [0.1, 0.15) is 30.1 Å². The molecule has 1 unspecified atom stereocenters. The molecule has 0 saturated carbocycles. The first-order chi connectivity index (χ1) is 5.11. The highest BCUT2D eigenvalue weighted by Crippen LogP contribution is 2.11. The summed E-state index contributed by atoms with van der Waals surface area (Å²) in [6.45, 7) is 5.39. The fourth-order valence-electron chi connectivity index (χ4n) is 0.952. The smallest absolute Gasteiger partial charge is 0.0950 e. The van der Waals surface area contributed by atoms with Crippen molar-refractivity contribution in [3.63, 3.8) is 0 Å². The molecule has 0 aromatic carbocycles. The molecule has 0 spiro atoms. The lowest BCUT2D eigenvalue weighted by molar-refractivity contribution is 0.192. The average Bonchev–Trinajstić information content (AvgIpc) is 1.94. The molecule has 0 aliphatic carbocycles. The Kier molecular flexibility index (Phi) is 2.19. The fraction of sp³-hybridized carbons (Fsp3) is 0.500. The minimum Gasteiger partial charge on any atom is -0.387 e. The molecule has 1 rings (SSSR count). The molecule has 1 aromatic rings.